The molecule has 3 aromatic carbocycles. The summed E-state index contributed by atoms with van der Waals surface area (Å²) < 4.78 is 41.9. The Bertz CT molecular complexity index is 1960. The number of rotatable bonds is 4. The first kappa shape index (κ1) is 24.2. The number of nitrogens with zero attached hydrogens (tertiary/aromatic N) is 2. The molecular formula is C29H24FN3O4S. The number of aromatic amines is 1. The van der Waals surface area contributed by atoms with Crippen LogP contribution in [0, 0.1) is 18.3 Å². The van der Waals surface area contributed by atoms with Crippen LogP contribution in [-0.4, -0.2) is 18.0 Å². The SMILES string of the molecule is Cc1cc2c(=O)c3c4ccc(C#N)cc4[nH]c3n(C3CCCCC3)c2cc1-c1cccc(OS(=O)(=O)F)c1. The molecule has 0 atom stereocenters. The Morgan fingerprint density at radius 1 is 1.05 bits per heavy atom. The van der Waals surface area contributed by atoms with Gasteiger partial charge < -0.3 is 13.7 Å². The van der Waals surface area contributed by atoms with E-state index in [0.717, 1.165) is 58.9 Å². The van der Waals surface area contributed by atoms with Crippen LogP contribution in [0.3, 0.4) is 0 Å². The highest BCUT2D eigenvalue weighted by Gasteiger charge is 2.24. The molecule has 0 radical (unpaired) electrons. The number of benzene rings is 3. The zero-order valence-corrected chi connectivity index (χ0v) is 21.4. The summed E-state index contributed by atoms with van der Waals surface area (Å²) in [7, 11) is -5.16. The number of pyridine rings is 1. The van der Waals surface area contributed by atoms with Crippen molar-refractivity contribution in [3.63, 3.8) is 0 Å². The predicted octanol–water partition coefficient (Wildman–Crippen LogP) is 6.58. The average molecular weight is 530 g/mol. The number of nitriles is 1. The molecule has 9 heteroatoms. The maximum Gasteiger partial charge on any atom is 0.488 e. The third-order valence-electron chi connectivity index (χ3n) is 7.50. The van der Waals surface area contributed by atoms with Crippen molar-refractivity contribution in [1.29, 1.82) is 5.26 Å². The van der Waals surface area contributed by atoms with E-state index in [1.165, 1.54) is 18.6 Å². The molecule has 38 heavy (non-hydrogen) atoms. The number of hydrogen-bond donors (Lipinski definition) is 1. The van der Waals surface area contributed by atoms with Crippen LogP contribution >= 0.6 is 0 Å². The molecule has 1 aliphatic carbocycles. The summed E-state index contributed by atoms with van der Waals surface area (Å²) >= 11 is 0. The zero-order valence-electron chi connectivity index (χ0n) is 20.6. The fourth-order valence-corrected chi connectivity index (χ4v) is 6.19. The van der Waals surface area contributed by atoms with Gasteiger partial charge in [-0.25, -0.2) is 0 Å². The summed E-state index contributed by atoms with van der Waals surface area (Å²) in [4.78, 5) is 17.4. The fraction of sp³-hybridized carbons (Fsp3) is 0.241. The van der Waals surface area contributed by atoms with Crippen molar-refractivity contribution < 1.29 is 16.5 Å². The Morgan fingerprint density at radius 3 is 2.58 bits per heavy atom. The molecule has 192 valence electrons. The van der Waals surface area contributed by atoms with Gasteiger partial charge in [-0.1, -0.05) is 41.3 Å². The van der Waals surface area contributed by atoms with Crippen LogP contribution in [0.15, 0.2) is 59.4 Å². The number of nitrogens with one attached hydrogen (secondary N) is 1. The van der Waals surface area contributed by atoms with Crippen LogP contribution in [0.25, 0.3) is 44.0 Å². The fourth-order valence-electron chi connectivity index (χ4n) is 5.86. The van der Waals surface area contributed by atoms with Gasteiger partial charge in [-0.05, 0) is 72.9 Å². The molecule has 6 rings (SSSR count). The molecule has 7 nitrogen and oxygen atoms in total. The van der Waals surface area contributed by atoms with Crippen molar-refractivity contribution in [3.05, 3.63) is 75.9 Å². The summed E-state index contributed by atoms with van der Waals surface area (Å²) in [5, 5.41) is 11.4. The van der Waals surface area contributed by atoms with Crippen molar-refractivity contribution in [2.75, 3.05) is 0 Å². The lowest BCUT2D eigenvalue weighted by atomic mass is 9.93. The second-order valence-corrected chi connectivity index (χ2v) is 10.9. The van der Waals surface area contributed by atoms with Crippen LogP contribution in [-0.2, 0) is 10.5 Å². The van der Waals surface area contributed by atoms with E-state index in [4.69, 9.17) is 0 Å². The van der Waals surface area contributed by atoms with E-state index in [-0.39, 0.29) is 17.2 Å². The molecule has 0 bridgehead atoms. The van der Waals surface area contributed by atoms with Crippen molar-refractivity contribution in [1.82, 2.24) is 9.55 Å². The monoisotopic (exact) mass is 529 g/mol. The van der Waals surface area contributed by atoms with Gasteiger partial charge in [-0.3, -0.25) is 4.79 Å². The van der Waals surface area contributed by atoms with Crippen LogP contribution in [0.4, 0.5) is 3.89 Å². The molecule has 2 heterocycles. The van der Waals surface area contributed by atoms with E-state index in [2.05, 4.69) is 19.8 Å². The minimum Gasteiger partial charge on any atom is -0.358 e. The minimum absolute atomic E-state index is 0.0896. The number of aromatic nitrogens is 2. The Balaban J connectivity index is 1.67. The first-order valence-corrected chi connectivity index (χ1v) is 13.8. The van der Waals surface area contributed by atoms with Crippen LogP contribution < -0.4 is 9.61 Å². The first-order chi connectivity index (χ1) is 18.2. The number of aryl methyl sites for hydroxylation is 1. The normalized spacial score (nSPS) is 14.8. The van der Waals surface area contributed by atoms with Gasteiger partial charge in [-0.15, -0.1) is 0 Å². The smallest absolute Gasteiger partial charge is 0.358 e. The van der Waals surface area contributed by atoms with Crippen molar-refractivity contribution in [2.45, 2.75) is 45.1 Å². The van der Waals surface area contributed by atoms with Gasteiger partial charge in [0, 0.05) is 22.3 Å². The van der Waals surface area contributed by atoms with Crippen LogP contribution in [0.5, 0.6) is 5.75 Å². The lowest BCUT2D eigenvalue weighted by Crippen LogP contribution is -2.18. The van der Waals surface area contributed by atoms with Crippen LogP contribution in [0.1, 0.15) is 49.3 Å². The Hall–Kier alpha value is -4.16. The van der Waals surface area contributed by atoms with Crippen molar-refractivity contribution >= 4 is 43.3 Å². The Kier molecular flexibility index (Phi) is 5.73. The van der Waals surface area contributed by atoms with Gasteiger partial charge in [0.1, 0.15) is 11.4 Å². The number of hydrogen-bond acceptors (Lipinski definition) is 5. The molecule has 1 aliphatic rings. The molecule has 0 saturated heterocycles. The molecule has 0 amide bonds. The molecule has 1 fully saturated rings. The highest BCUT2D eigenvalue weighted by Crippen LogP contribution is 2.38. The molecule has 5 aromatic rings. The third kappa shape index (κ3) is 4.11. The lowest BCUT2D eigenvalue weighted by molar-refractivity contribution is 0.365. The van der Waals surface area contributed by atoms with Gasteiger partial charge in [0.2, 0.25) is 0 Å². The largest absolute Gasteiger partial charge is 0.488 e. The summed E-state index contributed by atoms with van der Waals surface area (Å²) in [5.41, 5.74) is 4.91. The van der Waals surface area contributed by atoms with Gasteiger partial charge in [0.25, 0.3) is 0 Å². The van der Waals surface area contributed by atoms with Gasteiger partial charge in [-0.2, -0.15) is 13.7 Å². The molecule has 1 N–H and O–H groups in total. The van der Waals surface area contributed by atoms with Crippen LogP contribution in [0.2, 0.25) is 0 Å². The second kappa shape index (κ2) is 8.99. The number of H-pyrrole nitrogens is 1. The van der Waals surface area contributed by atoms with E-state index in [0.29, 0.717) is 21.9 Å². The van der Waals surface area contributed by atoms with Gasteiger partial charge >= 0.3 is 10.5 Å². The van der Waals surface area contributed by atoms with E-state index in [9.17, 15) is 22.4 Å². The predicted molar refractivity (Wildman–Crippen MR) is 145 cm³/mol. The minimum atomic E-state index is -5.16. The zero-order chi connectivity index (χ0) is 26.6. The van der Waals surface area contributed by atoms with E-state index < -0.39 is 10.5 Å². The standard InChI is InChI=1S/C29H24FN3O4S/c1-17-12-24-26(15-23(17)19-6-5-9-21(14-19)37-38(30,35)36)33(20-7-3-2-4-8-20)29-27(28(24)34)22-11-10-18(16-31)13-25(22)32-29/h5-6,9-15,20,32H,2-4,7-8H2,1H3. The molecule has 0 unspecified atom stereocenters. The maximum absolute atomic E-state index is 13.9. The summed E-state index contributed by atoms with van der Waals surface area (Å²) in [5.74, 6) is -0.131. The Labute approximate surface area is 218 Å². The molecule has 0 aliphatic heterocycles. The average Bonchev–Trinajstić information content (AvgIpc) is 3.27. The molecule has 0 spiro atoms. The number of fused-ring (bicyclic) bond motifs is 4. The lowest BCUT2D eigenvalue weighted by Gasteiger charge is -2.27. The van der Waals surface area contributed by atoms with Crippen molar-refractivity contribution in [3.8, 4) is 22.9 Å². The maximum atomic E-state index is 13.9. The molecule has 2 aromatic heterocycles. The summed E-state index contributed by atoms with van der Waals surface area (Å²) in [6, 6.07) is 17.7. The summed E-state index contributed by atoms with van der Waals surface area (Å²) in [6.45, 7) is 1.89. The number of halogens is 1. The summed E-state index contributed by atoms with van der Waals surface area (Å²) in [6.07, 6.45) is 5.31. The molecular weight excluding hydrogens is 505 g/mol. The second-order valence-electron chi connectivity index (χ2n) is 9.90. The quantitative estimate of drug-likeness (QED) is 0.265. The Morgan fingerprint density at radius 2 is 1.84 bits per heavy atom. The molecule has 1 saturated carbocycles. The first-order valence-electron chi connectivity index (χ1n) is 12.5. The highest BCUT2D eigenvalue weighted by molar-refractivity contribution is 7.81. The van der Waals surface area contributed by atoms with Gasteiger partial charge in [0.15, 0.2) is 5.43 Å². The van der Waals surface area contributed by atoms with Gasteiger partial charge in [0.05, 0.1) is 22.5 Å². The highest BCUT2D eigenvalue weighted by atomic mass is 32.3. The third-order valence-corrected chi connectivity index (χ3v) is 7.89. The van der Waals surface area contributed by atoms with E-state index in [1.807, 2.05) is 25.1 Å². The topological polar surface area (TPSA) is 105 Å². The van der Waals surface area contributed by atoms with E-state index >= 15 is 0 Å². The van der Waals surface area contributed by atoms with Crippen molar-refractivity contribution in [2.24, 2.45) is 0 Å². The van der Waals surface area contributed by atoms with E-state index in [1.54, 1.807) is 24.3 Å².